The van der Waals surface area contributed by atoms with Crippen LogP contribution in [0, 0.1) is 13.8 Å². The number of hydrogen-bond donors (Lipinski definition) is 1. The summed E-state index contributed by atoms with van der Waals surface area (Å²) in [5.41, 5.74) is 3.49. The van der Waals surface area contributed by atoms with E-state index in [1.54, 1.807) is 0 Å². The van der Waals surface area contributed by atoms with Crippen LogP contribution >= 0.6 is 12.2 Å². The van der Waals surface area contributed by atoms with Gasteiger partial charge in [-0.2, -0.15) is 0 Å². The van der Waals surface area contributed by atoms with Crippen molar-refractivity contribution < 1.29 is 4.74 Å². The van der Waals surface area contributed by atoms with Crippen molar-refractivity contribution in [3.63, 3.8) is 0 Å². The fourth-order valence-corrected chi connectivity index (χ4v) is 1.54. The molecule has 0 aliphatic rings. The smallest absolute Gasteiger partial charge is 0.261 e. The average Bonchev–Trinajstić information content (AvgIpc) is 2.25. The van der Waals surface area contributed by atoms with E-state index in [0.717, 1.165) is 18.5 Å². The molecule has 3 heteroatoms. The Hall–Kier alpha value is -1.09. The van der Waals surface area contributed by atoms with Crippen molar-refractivity contribution in [2.24, 2.45) is 0 Å². The Balaban J connectivity index is 2.53. The largest absolute Gasteiger partial charge is 0.471 e. The topological polar surface area (TPSA) is 21.3 Å². The van der Waals surface area contributed by atoms with Crippen LogP contribution in [0.1, 0.15) is 30.9 Å². The molecule has 1 aromatic carbocycles. The summed E-state index contributed by atoms with van der Waals surface area (Å²) in [4.78, 5) is 0. The molecule has 0 fully saturated rings. The van der Waals surface area contributed by atoms with Crippen molar-refractivity contribution in [1.29, 1.82) is 0 Å². The van der Waals surface area contributed by atoms with E-state index in [0.29, 0.717) is 11.8 Å². The number of anilines is 1. The summed E-state index contributed by atoms with van der Waals surface area (Å²) in [5.74, 6) is 0. The maximum Gasteiger partial charge on any atom is 0.261 e. The molecule has 0 spiro atoms. The first kappa shape index (κ1) is 13.0. The predicted octanol–water partition coefficient (Wildman–Crippen LogP) is 3.82. The van der Waals surface area contributed by atoms with E-state index >= 15 is 0 Å². The molecule has 0 radical (unpaired) electrons. The highest BCUT2D eigenvalue weighted by Gasteiger charge is 2.03. The van der Waals surface area contributed by atoms with Crippen LogP contribution in [0.15, 0.2) is 18.2 Å². The van der Waals surface area contributed by atoms with E-state index in [1.807, 2.05) is 12.1 Å². The number of aryl methyl sites for hydroxylation is 1. The van der Waals surface area contributed by atoms with Crippen LogP contribution in [-0.4, -0.2) is 11.8 Å². The zero-order valence-corrected chi connectivity index (χ0v) is 11.0. The molecule has 0 aliphatic heterocycles. The summed E-state index contributed by atoms with van der Waals surface area (Å²) in [6.45, 7) is 6.98. The van der Waals surface area contributed by atoms with Crippen LogP contribution in [0.25, 0.3) is 0 Å². The standard InChI is InChI=1S/C13H19NOS/c1-4-5-9-15-13(16)14-12-8-6-7-10(2)11(12)3/h6-8H,4-5,9H2,1-3H3,(H,14,16). The number of benzene rings is 1. The van der Waals surface area contributed by atoms with Gasteiger partial charge in [0.05, 0.1) is 6.61 Å². The normalized spacial score (nSPS) is 9.94. The molecule has 0 saturated heterocycles. The Morgan fingerprint density at radius 3 is 2.81 bits per heavy atom. The van der Waals surface area contributed by atoms with Gasteiger partial charge in [-0.1, -0.05) is 25.5 Å². The molecule has 16 heavy (non-hydrogen) atoms. The van der Waals surface area contributed by atoms with E-state index in [2.05, 4.69) is 32.2 Å². The molecule has 88 valence electrons. The summed E-state index contributed by atoms with van der Waals surface area (Å²) >= 11 is 5.12. The van der Waals surface area contributed by atoms with Crippen LogP contribution < -0.4 is 5.32 Å². The lowest BCUT2D eigenvalue weighted by atomic mass is 10.1. The Bertz CT molecular complexity index is 363. The fraction of sp³-hybridized carbons (Fsp3) is 0.462. The highest BCUT2D eigenvalue weighted by molar-refractivity contribution is 7.80. The van der Waals surface area contributed by atoms with Gasteiger partial charge < -0.3 is 10.1 Å². The minimum Gasteiger partial charge on any atom is -0.471 e. The third-order valence-corrected chi connectivity index (χ3v) is 2.79. The SMILES string of the molecule is CCCCOC(=S)Nc1cccc(C)c1C. The molecule has 1 aromatic rings. The zero-order valence-electron chi connectivity index (χ0n) is 10.2. The molecule has 0 aromatic heterocycles. The van der Waals surface area contributed by atoms with Gasteiger partial charge in [-0.3, -0.25) is 0 Å². The summed E-state index contributed by atoms with van der Waals surface area (Å²) in [7, 11) is 0. The lowest BCUT2D eigenvalue weighted by Gasteiger charge is -2.12. The van der Waals surface area contributed by atoms with Gasteiger partial charge in [0.25, 0.3) is 5.17 Å². The van der Waals surface area contributed by atoms with E-state index < -0.39 is 0 Å². The van der Waals surface area contributed by atoms with Crippen molar-refractivity contribution in [2.45, 2.75) is 33.6 Å². The molecular weight excluding hydrogens is 218 g/mol. The van der Waals surface area contributed by atoms with Gasteiger partial charge in [-0.05, 0) is 49.7 Å². The van der Waals surface area contributed by atoms with Gasteiger partial charge in [0.2, 0.25) is 0 Å². The molecule has 1 N–H and O–H groups in total. The van der Waals surface area contributed by atoms with Gasteiger partial charge in [0, 0.05) is 5.69 Å². The molecule has 0 heterocycles. The maximum atomic E-state index is 5.40. The van der Waals surface area contributed by atoms with Gasteiger partial charge in [-0.15, -0.1) is 0 Å². The third-order valence-electron chi connectivity index (χ3n) is 2.57. The van der Waals surface area contributed by atoms with Gasteiger partial charge in [0.15, 0.2) is 0 Å². The molecule has 0 unspecified atom stereocenters. The quantitative estimate of drug-likeness (QED) is 0.635. The van der Waals surface area contributed by atoms with Crippen molar-refractivity contribution in [3.8, 4) is 0 Å². The highest BCUT2D eigenvalue weighted by atomic mass is 32.1. The minimum absolute atomic E-state index is 0.460. The van der Waals surface area contributed by atoms with Crippen molar-refractivity contribution >= 4 is 23.1 Å². The predicted molar refractivity (Wildman–Crippen MR) is 73.0 cm³/mol. The van der Waals surface area contributed by atoms with Crippen LogP contribution in [0.2, 0.25) is 0 Å². The first-order chi connectivity index (χ1) is 7.65. The van der Waals surface area contributed by atoms with E-state index in [1.165, 1.54) is 11.1 Å². The molecule has 0 amide bonds. The number of hydrogen-bond acceptors (Lipinski definition) is 2. The first-order valence-corrected chi connectivity index (χ1v) is 6.06. The number of thiocarbonyl (C=S) groups is 1. The Kier molecular flexibility index (Phi) is 5.26. The first-order valence-electron chi connectivity index (χ1n) is 5.65. The molecule has 1 rings (SSSR count). The number of unbranched alkanes of at least 4 members (excludes halogenated alkanes) is 1. The lowest BCUT2D eigenvalue weighted by Crippen LogP contribution is -2.14. The third kappa shape index (κ3) is 3.81. The summed E-state index contributed by atoms with van der Waals surface area (Å²) in [6, 6.07) is 6.11. The molecule has 0 aliphatic carbocycles. The summed E-state index contributed by atoms with van der Waals surface area (Å²) in [6.07, 6.45) is 2.15. The monoisotopic (exact) mass is 237 g/mol. The van der Waals surface area contributed by atoms with Gasteiger partial charge in [-0.25, -0.2) is 0 Å². The van der Waals surface area contributed by atoms with Crippen LogP contribution in [0.5, 0.6) is 0 Å². The molecule has 0 atom stereocenters. The lowest BCUT2D eigenvalue weighted by molar-refractivity contribution is 0.304. The Labute approximate surface area is 103 Å². The van der Waals surface area contributed by atoms with Crippen molar-refractivity contribution in [3.05, 3.63) is 29.3 Å². The fourth-order valence-electron chi connectivity index (χ4n) is 1.34. The second-order valence-electron chi connectivity index (χ2n) is 3.86. The molecule has 0 saturated carbocycles. The van der Waals surface area contributed by atoms with Crippen LogP contribution in [0.4, 0.5) is 5.69 Å². The maximum absolute atomic E-state index is 5.40. The van der Waals surface area contributed by atoms with Gasteiger partial charge in [0.1, 0.15) is 0 Å². The second kappa shape index (κ2) is 6.48. The van der Waals surface area contributed by atoms with Crippen LogP contribution in [0.3, 0.4) is 0 Å². The number of rotatable bonds is 4. The summed E-state index contributed by atoms with van der Waals surface area (Å²) < 4.78 is 5.40. The van der Waals surface area contributed by atoms with Crippen LogP contribution in [-0.2, 0) is 4.74 Å². The Morgan fingerprint density at radius 2 is 2.12 bits per heavy atom. The van der Waals surface area contributed by atoms with Crippen molar-refractivity contribution in [1.82, 2.24) is 0 Å². The highest BCUT2D eigenvalue weighted by Crippen LogP contribution is 2.18. The van der Waals surface area contributed by atoms with Crippen molar-refractivity contribution in [2.75, 3.05) is 11.9 Å². The Morgan fingerprint density at radius 1 is 1.38 bits per heavy atom. The summed E-state index contributed by atoms with van der Waals surface area (Å²) in [5, 5.41) is 3.58. The van der Waals surface area contributed by atoms with E-state index in [-0.39, 0.29) is 0 Å². The van der Waals surface area contributed by atoms with E-state index in [4.69, 9.17) is 17.0 Å². The number of ether oxygens (including phenoxy) is 1. The molecule has 0 bridgehead atoms. The number of nitrogens with one attached hydrogen (secondary N) is 1. The second-order valence-corrected chi connectivity index (χ2v) is 4.23. The van der Waals surface area contributed by atoms with Gasteiger partial charge >= 0.3 is 0 Å². The zero-order chi connectivity index (χ0) is 12.0. The van der Waals surface area contributed by atoms with E-state index in [9.17, 15) is 0 Å². The molecule has 2 nitrogen and oxygen atoms in total. The molecular formula is C13H19NOS. The minimum atomic E-state index is 0.460. The average molecular weight is 237 g/mol.